The van der Waals surface area contributed by atoms with Gasteiger partial charge in [-0.1, -0.05) is 24.6 Å². The molecule has 2 aromatic heterocycles. The SMILES string of the molecule is CCOc1ccc(N2C[C@H](C)Cn3c2nc2c3c(=O)n(Cc3c(F)cccc3Cl)c(=O)n2C)cc1. The van der Waals surface area contributed by atoms with Crippen LogP contribution in [-0.2, 0) is 20.1 Å². The summed E-state index contributed by atoms with van der Waals surface area (Å²) < 4.78 is 24.2. The van der Waals surface area contributed by atoms with Crippen LogP contribution in [0, 0.1) is 11.7 Å². The van der Waals surface area contributed by atoms with Gasteiger partial charge in [0.05, 0.1) is 13.2 Å². The van der Waals surface area contributed by atoms with Crippen molar-refractivity contribution in [2.75, 3.05) is 18.1 Å². The van der Waals surface area contributed by atoms with Crippen molar-refractivity contribution in [1.82, 2.24) is 18.7 Å². The molecule has 8 nitrogen and oxygen atoms in total. The van der Waals surface area contributed by atoms with Crippen LogP contribution in [-0.4, -0.2) is 31.8 Å². The molecular formula is C25H25ClFN5O3. The predicted molar refractivity (Wildman–Crippen MR) is 134 cm³/mol. The van der Waals surface area contributed by atoms with Crippen LogP contribution in [0.3, 0.4) is 0 Å². The van der Waals surface area contributed by atoms with Crippen molar-refractivity contribution < 1.29 is 9.13 Å². The van der Waals surface area contributed by atoms with Crippen LogP contribution in [0.15, 0.2) is 52.1 Å². The summed E-state index contributed by atoms with van der Waals surface area (Å²) in [5.41, 5.74) is 0.475. The second-order valence-electron chi connectivity index (χ2n) is 8.77. The van der Waals surface area contributed by atoms with E-state index in [1.807, 2.05) is 40.7 Å². The fourth-order valence-electron chi connectivity index (χ4n) is 4.59. The Morgan fingerprint density at radius 2 is 1.89 bits per heavy atom. The molecule has 2 aromatic carbocycles. The molecule has 10 heteroatoms. The third-order valence-corrected chi connectivity index (χ3v) is 6.63. The first kappa shape index (κ1) is 23.2. The van der Waals surface area contributed by atoms with E-state index < -0.39 is 17.1 Å². The first-order valence-corrected chi connectivity index (χ1v) is 11.8. The van der Waals surface area contributed by atoms with Crippen LogP contribution in [0.25, 0.3) is 11.2 Å². The lowest BCUT2D eigenvalue weighted by Crippen LogP contribution is -2.40. The molecule has 0 amide bonds. The average Bonchev–Trinajstić information content (AvgIpc) is 3.22. The molecule has 0 aliphatic carbocycles. The molecule has 0 spiro atoms. The Hall–Kier alpha value is -3.59. The Bertz CT molecular complexity index is 1520. The lowest BCUT2D eigenvalue weighted by atomic mass is 10.1. The van der Waals surface area contributed by atoms with Crippen LogP contribution in [0.2, 0.25) is 5.02 Å². The second-order valence-corrected chi connectivity index (χ2v) is 9.18. The fourth-order valence-corrected chi connectivity index (χ4v) is 4.82. The van der Waals surface area contributed by atoms with E-state index in [9.17, 15) is 14.0 Å². The number of aromatic nitrogens is 4. The summed E-state index contributed by atoms with van der Waals surface area (Å²) in [6.07, 6.45) is 0. The number of anilines is 2. The van der Waals surface area contributed by atoms with Gasteiger partial charge >= 0.3 is 5.69 Å². The maximum absolute atomic E-state index is 14.5. The monoisotopic (exact) mass is 497 g/mol. The summed E-state index contributed by atoms with van der Waals surface area (Å²) in [5.74, 6) is 0.984. The van der Waals surface area contributed by atoms with Gasteiger partial charge in [0.1, 0.15) is 11.6 Å². The highest BCUT2D eigenvalue weighted by atomic mass is 35.5. The molecule has 35 heavy (non-hydrogen) atoms. The molecule has 0 saturated carbocycles. The number of imidazole rings is 1. The fraction of sp³-hybridized carbons (Fsp3) is 0.320. The number of hydrogen-bond donors (Lipinski definition) is 0. The van der Waals surface area contributed by atoms with E-state index in [4.69, 9.17) is 21.3 Å². The maximum atomic E-state index is 14.5. The number of rotatable bonds is 5. The van der Waals surface area contributed by atoms with Gasteiger partial charge in [-0.15, -0.1) is 0 Å². The Balaban J connectivity index is 1.68. The van der Waals surface area contributed by atoms with Crippen molar-refractivity contribution in [3.05, 3.63) is 79.7 Å². The number of fused-ring (bicyclic) bond motifs is 3. The number of hydrogen-bond acceptors (Lipinski definition) is 5. The second kappa shape index (κ2) is 8.88. The minimum atomic E-state index is -0.585. The topological polar surface area (TPSA) is 74.3 Å². The van der Waals surface area contributed by atoms with Crippen LogP contribution in [0.5, 0.6) is 5.75 Å². The lowest BCUT2D eigenvalue weighted by molar-refractivity contribution is 0.340. The molecule has 1 atom stereocenters. The number of aryl methyl sites for hydroxylation is 1. The lowest BCUT2D eigenvalue weighted by Gasteiger charge is -2.33. The summed E-state index contributed by atoms with van der Waals surface area (Å²) in [5, 5.41) is 0.157. The molecule has 1 aliphatic heterocycles. The van der Waals surface area contributed by atoms with Crippen molar-refractivity contribution >= 4 is 34.4 Å². The minimum absolute atomic E-state index is 0.0930. The van der Waals surface area contributed by atoms with E-state index >= 15 is 0 Å². The molecule has 3 heterocycles. The molecule has 0 bridgehead atoms. The summed E-state index contributed by atoms with van der Waals surface area (Å²) in [6, 6.07) is 12.0. The molecule has 0 saturated heterocycles. The largest absolute Gasteiger partial charge is 0.494 e. The van der Waals surface area contributed by atoms with Crippen LogP contribution >= 0.6 is 11.6 Å². The molecule has 0 radical (unpaired) electrons. The molecule has 182 valence electrons. The number of nitrogens with zero attached hydrogens (tertiary/aromatic N) is 5. The molecule has 4 aromatic rings. The molecule has 0 N–H and O–H groups in total. The quantitative estimate of drug-likeness (QED) is 0.418. The summed E-state index contributed by atoms with van der Waals surface area (Å²) in [4.78, 5) is 33.5. The Morgan fingerprint density at radius 1 is 1.14 bits per heavy atom. The Morgan fingerprint density at radius 3 is 2.57 bits per heavy atom. The van der Waals surface area contributed by atoms with Gasteiger partial charge < -0.3 is 14.2 Å². The third kappa shape index (κ3) is 3.89. The van der Waals surface area contributed by atoms with Gasteiger partial charge in [-0.05, 0) is 49.2 Å². The standard InChI is InChI=1S/C25H25ClFN5O3/c1-4-35-17-10-8-16(9-11-17)30-12-15(2)13-31-21-22(28-24(30)31)29(3)25(34)32(23(21)33)14-18-19(26)6-5-7-20(18)27/h5-11,15H,4,12-14H2,1-3H3/t15-/m0/s1. The minimum Gasteiger partial charge on any atom is -0.494 e. The van der Waals surface area contributed by atoms with Gasteiger partial charge in [0.2, 0.25) is 5.95 Å². The van der Waals surface area contributed by atoms with Crippen molar-refractivity contribution in [3.8, 4) is 5.75 Å². The van der Waals surface area contributed by atoms with Gasteiger partial charge in [-0.3, -0.25) is 13.9 Å². The van der Waals surface area contributed by atoms with Gasteiger partial charge in [0.15, 0.2) is 11.2 Å². The Labute approximate surface area is 205 Å². The van der Waals surface area contributed by atoms with Gasteiger partial charge in [0, 0.05) is 36.4 Å². The summed E-state index contributed by atoms with van der Waals surface area (Å²) in [6.45, 7) is 5.59. The molecule has 0 fully saturated rings. The van der Waals surface area contributed by atoms with E-state index in [0.29, 0.717) is 31.2 Å². The smallest absolute Gasteiger partial charge is 0.332 e. The van der Waals surface area contributed by atoms with E-state index in [-0.39, 0.29) is 28.7 Å². The maximum Gasteiger partial charge on any atom is 0.332 e. The van der Waals surface area contributed by atoms with E-state index in [1.54, 1.807) is 7.05 Å². The van der Waals surface area contributed by atoms with Crippen LogP contribution in [0.4, 0.5) is 16.0 Å². The van der Waals surface area contributed by atoms with Crippen molar-refractivity contribution in [2.45, 2.75) is 26.9 Å². The van der Waals surface area contributed by atoms with E-state index in [1.165, 1.54) is 22.8 Å². The van der Waals surface area contributed by atoms with Crippen molar-refractivity contribution in [2.24, 2.45) is 13.0 Å². The van der Waals surface area contributed by atoms with Crippen LogP contribution < -0.4 is 20.9 Å². The number of benzene rings is 2. The molecule has 0 unspecified atom stereocenters. The highest BCUT2D eigenvalue weighted by Crippen LogP contribution is 2.33. The zero-order chi connectivity index (χ0) is 24.9. The highest BCUT2D eigenvalue weighted by Gasteiger charge is 2.30. The number of halogens is 2. The molecule has 5 rings (SSSR count). The van der Waals surface area contributed by atoms with Crippen LogP contribution in [0.1, 0.15) is 19.4 Å². The first-order chi connectivity index (χ1) is 16.8. The zero-order valence-electron chi connectivity index (χ0n) is 19.7. The van der Waals surface area contributed by atoms with E-state index in [0.717, 1.165) is 16.0 Å². The van der Waals surface area contributed by atoms with Crippen molar-refractivity contribution in [3.63, 3.8) is 0 Å². The number of ether oxygens (including phenoxy) is 1. The normalized spacial score (nSPS) is 15.5. The zero-order valence-corrected chi connectivity index (χ0v) is 20.4. The van der Waals surface area contributed by atoms with Gasteiger partial charge in [-0.2, -0.15) is 4.98 Å². The summed E-state index contributed by atoms with van der Waals surface area (Å²) in [7, 11) is 1.56. The summed E-state index contributed by atoms with van der Waals surface area (Å²) >= 11 is 6.18. The first-order valence-electron chi connectivity index (χ1n) is 11.4. The third-order valence-electron chi connectivity index (χ3n) is 6.28. The molecule has 1 aliphatic rings. The van der Waals surface area contributed by atoms with E-state index in [2.05, 4.69) is 6.92 Å². The van der Waals surface area contributed by atoms with Gasteiger partial charge in [-0.25, -0.2) is 9.18 Å². The van der Waals surface area contributed by atoms with Crippen molar-refractivity contribution in [1.29, 1.82) is 0 Å². The Kier molecular flexibility index (Phi) is 5.88. The average molecular weight is 498 g/mol. The molecular weight excluding hydrogens is 473 g/mol. The predicted octanol–water partition coefficient (Wildman–Crippen LogP) is 3.92. The highest BCUT2D eigenvalue weighted by molar-refractivity contribution is 6.31. The van der Waals surface area contributed by atoms with Gasteiger partial charge in [0.25, 0.3) is 5.56 Å².